The lowest BCUT2D eigenvalue weighted by Gasteiger charge is -2.08. The molecule has 0 spiro atoms. The predicted molar refractivity (Wildman–Crippen MR) is 74.6 cm³/mol. The maximum atomic E-state index is 11.7. The lowest BCUT2D eigenvalue weighted by Crippen LogP contribution is -2.32. The van der Waals surface area contributed by atoms with Crippen molar-refractivity contribution in [3.05, 3.63) is 33.8 Å². The van der Waals surface area contributed by atoms with Crippen LogP contribution in [0.2, 0.25) is 10.0 Å². The van der Waals surface area contributed by atoms with E-state index >= 15 is 0 Å². The van der Waals surface area contributed by atoms with Gasteiger partial charge in [-0.1, -0.05) is 36.2 Å². The second kappa shape index (κ2) is 8.59. The summed E-state index contributed by atoms with van der Waals surface area (Å²) in [6.07, 6.45) is 0. The highest BCUT2D eigenvalue weighted by atomic mass is 35.5. The fraction of sp³-hybridized carbons (Fsp3) is 0.364. The molecule has 0 saturated carbocycles. The number of halogens is 3. The van der Waals surface area contributed by atoms with Crippen LogP contribution in [0.25, 0.3) is 0 Å². The van der Waals surface area contributed by atoms with Crippen LogP contribution in [-0.2, 0) is 0 Å². The van der Waals surface area contributed by atoms with Crippen LogP contribution >= 0.6 is 35.6 Å². The second-order valence-electron chi connectivity index (χ2n) is 3.21. The SMILES string of the molecule is CCNCCNC(=O)c1c(Cl)cccc1Cl.Cl. The van der Waals surface area contributed by atoms with Gasteiger partial charge in [-0.15, -0.1) is 12.4 Å². The molecule has 3 nitrogen and oxygen atoms in total. The number of likely N-dealkylation sites (N-methyl/N-ethyl adjacent to an activating group) is 1. The molecule has 0 aliphatic carbocycles. The van der Waals surface area contributed by atoms with Gasteiger partial charge in [-0.25, -0.2) is 0 Å². The average molecular weight is 298 g/mol. The van der Waals surface area contributed by atoms with Gasteiger partial charge in [-0.2, -0.15) is 0 Å². The third-order valence-electron chi connectivity index (χ3n) is 2.03. The molecule has 1 aromatic rings. The first kappa shape index (κ1) is 16.5. The van der Waals surface area contributed by atoms with Crippen LogP contribution in [-0.4, -0.2) is 25.5 Å². The number of carbonyl (C=O) groups is 1. The van der Waals surface area contributed by atoms with Crippen LogP contribution in [0.4, 0.5) is 0 Å². The van der Waals surface area contributed by atoms with E-state index in [-0.39, 0.29) is 18.3 Å². The van der Waals surface area contributed by atoms with E-state index in [0.29, 0.717) is 22.2 Å². The minimum atomic E-state index is -0.242. The molecule has 0 fully saturated rings. The first-order chi connectivity index (χ1) is 7.66. The van der Waals surface area contributed by atoms with Gasteiger partial charge in [-0.05, 0) is 18.7 Å². The molecule has 0 radical (unpaired) electrons. The van der Waals surface area contributed by atoms with E-state index in [4.69, 9.17) is 23.2 Å². The zero-order chi connectivity index (χ0) is 12.0. The van der Waals surface area contributed by atoms with E-state index in [2.05, 4.69) is 10.6 Å². The molecule has 0 bridgehead atoms. The van der Waals surface area contributed by atoms with E-state index in [0.717, 1.165) is 13.1 Å². The van der Waals surface area contributed by atoms with Crippen molar-refractivity contribution >= 4 is 41.5 Å². The molecule has 0 aliphatic rings. The monoisotopic (exact) mass is 296 g/mol. The van der Waals surface area contributed by atoms with Crippen molar-refractivity contribution in [1.82, 2.24) is 10.6 Å². The Morgan fingerprint density at radius 2 is 1.82 bits per heavy atom. The topological polar surface area (TPSA) is 41.1 Å². The van der Waals surface area contributed by atoms with Gasteiger partial charge < -0.3 is 10.6 Å². The molecule has 1 rings (SSSR count). The summed E-state index contributed by atoms with van der Waals surface area (Å²) in [6, 6.07) is 5.00. The van der Waals surface area contributed by atoms with E-state index in [9.17, 15) is 4.79 Å². The minimum absolute atomic E-state index is 0. The van der Waals surface area contributed by atoms with Gasteiger partial charge in [0.25, 0.3) is 5.91 Å². The molecule has 0 heterocycles. The van der Waals surface area contributed by atoms with Crippen molar-refractivity contribution in [2.45, 2.75) is 6.92 Å². The Bertz CT molecular complexity index is 351. The van der Waals surface area contributed by atoms with Crippen molar-refractivity contribution in [3.63, 3.8) is 0 Å². The summed E-state index contributed by atoms with van der Waals surface area (Å²) >= 11 is 11.8. The van der Waals surface area contributed by atoms with Crippen molar-refractivity contribution in [3.8, 4) is 0 Å². The van der Waals surface area contributed by atoms with Gasteiger partial charge in [-0.3, -0.25) is 4.79 Å². The Labute approximate surface area is 117 Å². The van der Waals surface area contributed by atoms with Gasteiger partial charge in [0, 0.05) is 13.1 Å². The highest BCUT2D eigenvalue weighted by Gasteiger charge is 2.13. The van der Waals surface area contributed by atoms with Crippen LogP contribution in [0.15, 0.2) is 18.2 Å². The Morgan fingerprint density at radius 1 is 1.24 bits per heavy atom. The van der Waals surface area contributed by atoms with Crippen molar-refractivity contribution in [2.75, 3.05) is 19.6 Å². The van der Waals surface area contributed by atoms with Gasteiger partial charge >= 0.3 is 0 Å². The largest absolute Gasteiger partial charge is 0.351 e. The molecule has 0 saturated heterocycles. The van der Waals surface area contributed by atoms with Gasteiger partial charge in [0.1, 0.15) is 0 Å². The minimum Gasteiger partial charge on any atom is -0.351 e. The van der Waals surface area contributed by atoms with Gasteiger partial charge in [0.2, 0.25) is 0 Å². The van der Waals surface area contributed by atoms with Gasteiger partial charge in [0.05, 0.1) is 15.6 Å². The fourth-order valence-electron chi connectivity index (χ4n) is 1.24. The number of carbonyl (C=O) groups excluding carboxylic acids is 1. The average Bonchev–Trinajstić information content (AvgIpc) is 2.24. The molecule has 0 aliphatic heterocycles. The van der Waals surface area contributed by atoms with Gasteiger partial charge in [0.15, 0.2) is 0 Å². The molecule has 0 unspecified atom stereocenters. The summed E-state index contributed by atoms with van der Waals surface area (Å²) in [6.45, 7) is 4.16. The maximum absolute atomic E-state index is 11.7. The fourth-order valence-corrected chi connectivity index (χ4v) is 1.81. The predicted octanol–water partition coefficient (Wildman–Crippen LogP) is 2.75. The number of amides is 1. The number of nitrogens with one attached hydrogen (secondary N) is 2. The molecule has 6 heteroatoms. The van der Waals surface area contributed by atoms with E-state index in [1.165, 1.54) is 0 Å². The van der Waals surface area contributed by atoms with Crippen molar-refractivity contribution in [1.29, 1.82) is 0 Å². The van der Waals surface area contributed by atoms with Crippen LogP contribution < -0.4 is 10.6 Å². The molecule has 2 N–H and O–H groups in total. The van der Waals surface area contributed by atoms with Crippen LogP contribution in [0.5, 0.6) is 0 Å². The Kier molecular flexibility index (Phi) is 8.35. The summed E-state index contributed by atoms with van der Waals surface area (Å²) in [4.78, 5) is 11.7. The summed E-state index contributed by atoms with van der Waals surface area (Å²) < 4.78 is 0. The highest BCUT2D eigenvalue weighted by Crippen LogP contribution is 2.23. The molecule has 1 aromatic carbocycles. The summed E-state index contributed by atoms with van der Waals surface area (Å²) in [7, 11) is 0. The lowest BCUT2D eigenvalue weighted by atomic mass is 10.2. The quantitative estimate of drug-likeness (QED) is 0.821. The Balaban J connectivity index is 0.00000256. The normalized spacial score (nSPS) is 9.59. The van der Waals surface area contributed by atoms with E-state index in [1.54, 1.807) is 18.2 Å². The van der Waals surface area contributed by atoms with Crippen LogP contribution in [0, 0.1) is 0 Å². The number of hydrogen-bond donors (Lipinski definition) is 2. The Morgan fingerprint density at radius 3 is 2.35 bits per heavy atom. The van der Waals surface area contributed by atoms with E-state index < -0.39 is 0 Å². The Hall–Kier alpha value is -0.480. The third kappa shape index (κ3) is 5.13. The molecule has 0 atom stereocenters. The number of rotatable bonds is 5. The first-order valence-electron chi connectivity index (χ1n) is 5.09. The third-order valence-corrected chi connectivity index (χ3v) is 2.66. The molecule has 17 heavy (non-hydrogen) atoms. The molecular weight excluding hydrogens is 282 g/mol. The standard InChI is InChI=1S/C11H14Cl2N2O.ClH/c1-2-14-6-7-15-11(16)10-8(12)4-3-5-9(10)13;/h3-5,14H,2,6-7H2,1H3,(H,15,16);1H. The zero-order valence-electron chi connectivity index (χ0n) is 9.43. The molecule has 96 valence electrons. The molecule has 0 aromatic heterocycles. The lowest BCUT2D eigenvalue weighted by molar-refractivity contribution is 0.0954. The number of hydrogen-bond acceptors (Lipinski definition) is 2. The second-order valence-corrected chi connectivity index (χ2v) is 4.02. The first-order valence-corrected chi connectivity index (χ1v) is 5.85. The summed E-state index contributed by atoms with van der Waals surface area (Å²) in [5, 5.41) is 6.59. The highest BCUT2D eigenvalue weighted by molar-refractivity contribution is 6.39. The summed E-state index contributed by atoms with van der Waals surface area (Å²) in [5.74, 6) is -0.242. The maximum Gasteiger partial charge on any atom is 0.254 e. The van der Waals surface area contributed by atoms with E-state index in [1.807, 2.05) is 6.92 Å². The molecule has 1 amide bonds. The number of benzene rings is 1. The summed E-state index contributed by atoms with van der Waals surface area (Å²) in [5.41, 5.74) is 0.335. The van der Waals surface area contributed by atoms with Crippen LogP contribution in [0.1, 0.15) is 17.3 Å². The van der Waals surface area contributed by atoms with Crippen LogP contribution in [0.3, 0.4) is 0 Å². The smallest absolute Gasteiger partial charge is 0.254 e. The molecular formula is C11H15Cl3N2O. The van der Waals surface area contributed by atoms with Crippen molar-refractivity contribution in [2.24, 2.45) is 0 Å². The van der Waals surface area contributed by atoms with Crippen molar-refractivity contribution < 1.29 is 4.79 Å². The zero-order valence-corrected chi connectivity index (χ0v) is 11.8.